The van der Waals surface area contributed by atoms with Crippen LogP contribution in [0.5, 0.6) is 17.2 Å². The Bertz CT molecular complexity index is 891. The maximum atomic E-state index is 11.8. The van der Waals surface area contributed by atoms with Crippen LogP contribution in [0.15, 0.2) is 30.3 Å². The average molecular weight is 439 g/mol. The molecule has 2 aromatic carbocycles. The Morgan fingerprint density at radius 1 is 1.07 bits per heavy atom. The highest BCUT2D eigenvalue weighted by molar-refractivity contribution is 7.80. The molecule has 9 heteroatoms. The van der Waals surface area contributed by atoms with Crippen molar-refractivity contribution in [3.05, 3.63) is 46.5 Å². The number of methoxy groups -OCH3 is 3. The first kappa shape index (κ1) is 22.6. The molecule has 0 heterocycles. The van der Waals surface area contributed by atoms with E-state index in [9.17, 15) is 4.79 Å². The smallest absolute Gasteiger partial charge is 0.339 e. The highest BCUT2D eigenvalue weighted by atomic mass is 35.5. The molecule has 0 amide bonds. The molecule has 0 unspecified atom stereocenters. The summed E-state index contributed by atoms with van der Waals surface area (Å²) < 4.78 is 21.1. The van der Waals surface area contributed by atoms with Crippen LogP contribution in [0.4, 0.5) is 5.69 Å². The Morgan fingerprint density at radius 2 is 1.79 bits per heavy atom. The molecule has 0 aliphatic rings. The maximum Gasteiger partial charge on any atom is 0.339 e. The van der Waals surface area contributed by atoms with Crippen molar-refractivity contribution in [2.75, 3.05) is 33.3 Å². The zero-order valence-electron chi connectivity index (χ0n) is 16.6. The summed E-state index contributed by atoms with van der Waals surface area (Å²) >= 11 is 11.5. The van der Waals surface area contributed by atoms with E-state index < -0.39 is 5.97 Å². The molecule has 2 rings (SSSR count). The summed E-state index contributed by atoms with van der Waals surface area (Å²) in [5.74, 6) is 1.17. The van der Waals surface area contributed by atoms with Gasteiger partial charge in [0.1, 0.15) is 0 Å². The van der Waals surface area contributed by atoms with Crippen molar-refractivity contribution in [1.82, 2.24) is 5.32 Å². The largest absolute Gasteiger partial charge is 0.493 e. The fraction of sp³-hybridized carbons (Fsp3) is 0.300. The van der Waals surface area contributed by atoms with Gasteiger partial charge in [-0.1, -0.05) is 11.6 Å². The van der Waals surface area contributed by atoms with Crippen LogP contribution >= 0.6 is 23.8 Å². The van der Waals surface area contributed by atoms with E-state index in [0.717, 1.165) is 5.56 Å². The average Bonchev–Trinajstić information content (AvgIpc) is 2.71. The molecule has 0 spiro atoms. The first-order valence-electron chi connectivity index (χ1n) is 8.74. The summed E-state index contributed by atoms with van der Waals surface area (Å²) in [5, 5.41) is 6.78. The first-order valence-corrected chi connectivity index (χ1v) is 9.53. The van der Waals surface area contributed by atoms with Crippen LogP contribution in [0.1, 0.15) is 22.8 Å². The van der Waals surface area contributed by atoms with Crippen molar-refractivity contribution >= 4 is 40.6 Å². The zero-order valence-corrected chi connectivity index (χ0v) is 18.2. The summed E-state index contributed by atoms with van der Waals surface area (Å²) in [4.78, 5) is 11.8. The van der Waals surface area contributed by atoms with E-state index >= 15 is 0 Å². The number of rotatable bonds is 8. The van der Waals surface area contributed by atoms with Gasteiger partial charge in [0.05, 0.1) is 38.5 Å². The van der Waals surface area contributed by atoms with Gasteiger partial charge in [-0.2, -0.15) is 0 Å². The Labute approximate surface area is 180 Å². The van der Waals surface area contributed by atoms with E-state index in [0.29, 0.717) is 40.2 Å². The highest BCUT2D eigenvalue weighted by Crippen LogP contribution is 2.39. The molecule has 7 nitrogen and oxygen atoms in total. The number of hydrogen-bond donors (Lipinski definition) is 2. The van der Waals surface area contributed by atoms with Gasteiger partial charge in [-0.25, -0.2) is 4.79 Å². The van der Waals surface area contributed by atoms with E-state index in [-0.39, 0.29) is 11.6 Å². The van der Waals surface area contributed by atoms with Gasteiger partial charge in [-0.05, 0) is 49.5 Å². The Hall–Kier alpha value is -2.71. The minimum atomic E-state index is -0.467. The third-order valence-electron chi connectivity index (χ3n) is 3.95. The van der Waals surface area contributed by atoms with Crippen molar-refractivity contribution in [2.24, 2.45) is 0 Å². The maximum absolute atomic E-state index is 11.8. The molecule has 29 heavy (non-hydrogen) atoms. The molecule has 0 radical (unpaired) electrons. The topological polar surface area (TPSA) is 78.1 Å². The number of nitrogens with one attached hydrogen (secondary N) is 2. The van der Waals surface area contributed by atoms with Crippen molar-refractivity contribution in [3.8, 4) is 17.2 Å². The second-order valence-electron chi connectivity index (χ2n) is 5.72. The third-order valence-corrected chi connectivity index (χ3v) is 4.51. The van der Waals surface area contributed by atoms with Gasteiger partial charge in [-0.15, -0.1) is 0 Å². The fourth-order valence-electron chi connectivity index (χ4n) is 2.62. The minimum Gasteiger partial charge on any atom is -0.493 e. The lowest BCUT2D eigenvalue weighted by atomic mass is 10.1. The molecular formula is C20H23ClN2O5S. The monoisotopic (exact) mass is 438 g/mol. The number of anilines is 1. The number of ether oxygens (including phenoxy) is 4. The van der Waals surface area contributed by atoms with E-state index in [1.807, 2.05) is 6.07 Å². The second kappa shape index (κ2) is 10.7. The van der Waals surface area contributed by atoms with E-state index in [1.54, 1.807) is 52.5 Å². The van der Waals surface area contributed by atoms with Crippen LogP contribution < -0.4 is 24.8 Å². The quantitative estimate of drug-likeness (QED) is 0.472. The minimum absolute atomic E-state index is 0.276. The van der Waals surface area contributed by atoms with E-state index in [4.69, 9.17) is 42.8 Å². The summed E-state index contributed by atoms with van der Waals surface area (Å²) in [6, 6.07) is 8.55. The lowest BCUT2D eigenvalue weighted by Gasteiger charge is -2.17. The van der Waals surface area contributed by atoms with Crippen molar-refractivity contribution in [3.63, 3.8) is 0 Å². The van der Waals surface area contributed by atoms with Gasteiger partial charge in [0.15, 0.2) is 16.6 Å². The molecule has 0 bridgehead atoms. The van der Waals surface area contributed by atoms with Gasteiger partial charge in [-0.3, -0.25) is 0 Å². The Balaban J connectivity index is 2.05. The van der Waals surface area contributed by atoms with Crippen LogP contribution in [0, 0.1) is 0 Å². The highest BCUT2D eigenvalue weighted by Gasteiger charge is 2.16. The number of hydrogen-bond acceptors (Lipinski definition) is 6. The second-order valence-corrected chi connectivity index (χ2v) is 6.53. The lowest BCUT2D eigenvalue weighted by Crippen LogP contribution is -2.28. The number of esters is 1. The van der Waals surface area contributed by atoms with Gasteiger partial charge in [0, 0.05) is 17.8 Å². The van der Waals surface area contributed by atoms with Crippen LogP contribution in [-0.2, 0) is 11.3 Å². The molecule has 2 N–H and O–H groups in total. The molecule has 0 atom stereocenters. The molecule has 0 saturated heterocycles. The third kappa shape index (κ3) is 5.65. The van der Waals surface area contributed by atoms with Crippen LogP contribution in [0.3, 0.4) is 0 Å². The number of thiocarbonyl (C=S) groups is 1. The summed E-state index contributed by atoms with van der Waals surface area (Å²) in [7, 11) is 4.67. The lowest BCUT2D eigenvalue weighted by molar-refractivity contribution is 0.0526. The normalized spacial score (nSPS) is 10.1. The zero-order chi connectivity index (χ0) is 21.4. The molecule has 156 valence electrons. The van der Waals surface area contributed by atoms with Gasteiger partial charge in [0.2, 0.25) is 5.75 Å². The van der Waals surface area contributed by atoms with Crippen LogP contribution in [0.25, 0.3) is 0 Å². The molecular weight excluding hydrogens is 416 g/mol. The standard InChI is InChI=1S/C20H23ClN2O5S/c1-5-28-19(24)14-8-7-13(10-15(14)21)23-20(29)22-11-12-6-9-16(25-2)18(27-4)17(12)26-3/h6-10H,5,11H2,1-4H3,(H2,22,23,29). The van der Waals surface area contributed by atoms with E-state index in [2.05, 4.69) is 10.6 Å². The van der Waals surface area contributed by atoms with Gasteiger partial charge < -0.3 is 29.6 Å². The molecule has 0 aliphatic carbocycles. The molecule has 0 fully saturated rings. The Morgan fingerprint density at radius 3 is 2.38 bits per heavy atom. The van der Waals surface area contributed by atoms with E-state index in [1.165, 1.54) is 0 Å². The predicted molar refractivity (Wildman–Crippen MR) is 117 cm³/mol. The van der Waals surface area contributed by atoms with Crippen molar-refractivity contribution in [2.45, 2.75) is 13.5 Å². The fourth-order valence-corrected chi connectivity index (χ4v) is 3.07. The van der Waals surface area contributed by atoms with Gasteiger partial charge >= 0.3 is 5.97 Å². The number of carbonyl (C=O) groups is 1. The number of halogens is 1. The SMILES string of the molecule is CCOC(=O)c1ccc(NC(=S)NCc2ccc(OC)c(OC)c2OC)cc1Cl. The molecule has 2 aromatic rings. The van der Waals surface area contributed by atoms with Crippen LogP contribution in [-0.4, -0.2) is 39.0 Å². The first-order chi connectivity index (χ1) is 13.9. The van der Waals surface area contributed by atoms with Gasteiger partial charge in [0.25, 0.3) is 0 Å². The summed E-state index contributed by atoms with van der Waals surface area (Å²) in [6.07, 6.45) is 0. The summed E-state index contributed by atoms with van der Waals surface area (Å²) in [6.45, 7) is 2.41. The molecule has 0 aromatic heterocycles. The van der Waals surface area contributed by atoms with Crippen molar-refractivity contribution < 1.29 is 23.7 Å². The number of carbonyl (C=O) groups excluding carboxylic acids is 1. The predicted octanol–water partition coefficient (Wildman–Crippen LogP) is 4.03. The number of benzene rings is 2. The summed E-state index contributed by atoms with van der Waals surface area (Å²) in [5.41, 5.74) is 1.78. The van der Waals surface area contributed by atoms with Crippen LogP contribution in [0.2, 0.25) is 5.02 Å². The molecule has 0 aliphatic heterocycles. The molecule has 0 saturated carbocycles. The Kier molecular flexibility index (Phi) is 8.35. The van der Waals surface area contributed by atoms with Crippen molar-refractivity contribution in [1.29, 1.82) is 0 Å².